The molecule has 4 rings (SSSR count). The number of nitrogens with one attached hydrogen (secondary N) is 1. The molecule has 0 unspecified atom stereocenters. The number of ether oxygens (including phenoxy) is 2. The second-order valence-corrected chi connectivity index (χ2v) is 7.93. The molecular weight excluding hydrogens is 441 g/mol. The lowest BCUT2D eigenvalue weighted by molar-refractivity contribution is -0.115. The summed E-state index contributed by atoms with van der Waals surface area (Å²) in [5, 5.41) is 12.2. The summed E-state index contributed by atoms with van der Waals surface area (Å²) in [7, 11) is 1.53. The van der Waals surface area contributed by atoms with Gasteiger partial charge in [0.2, 0.25) is 0 Å². The van der Waals surface area contributed by atoms with Gasteiger partial charge in [0.15, 0.2) is 16.7 Å². The number of carbonyl (C=O) groups is 1. The van der Waals surface area contributed by atoms with Crippen molar-refractivity contribution in [1.29, 1.82) is 5.26 Å². The number of benzene rings is 3. The SMILES string of the molecule is COc1cc(/C=C2\SC(=Nc3ccccc3F)NC2=O)ccc1OCc1ccccc1C#N. The maximum Gasteiger partial charge on any atom is 0.264 e. The molecule has 0 saturated carbocycles. The molecule has 0 aliphatic carbocycles. The van der Waals surface area contributed by atoms with Crippen molar-refractivity contribution >= 4 is 34.6 Å². The topological polar surface area (TPSA) is 83.7 Å². The van der Waals surface area contributed by atoms with Gasteiger partial charge in [-0.25, -0.2) is 9.38 Å². The van der Waals surface area contributed by atoms with E-state index in [9.17, 15) is 14.4 Å². The van der Waals surface area contributed by atoms with Crippen molar-refractivity contribution in [1.82, 2.24) is 5.32 Å². The van der Waals surface area contributed by atoms with Gasteiger partial charge in [-0.05, 0) is 53.7 Å². The number of aliphatic imine (C=N–C) groups is 1. The zero-order valence-electron chi connectivity index (χ0n) is 17.5. The Morgan fingerprint density at radius 2 is 1.91 bits per heavy atom. The van der Waals surface area contributed by atoms with Crippen molar-refractivity contribution in [3.05, 3.63) is 94.1 Å². The third kappa shape index (κ3) is 5.22. The summed E-state index contributed by atoms with van der Waals surface area (Å²) in [6, 6.07) is 20.7. The molecule has 1 aliphatic heterocycles. The molecule has 6 nitrogen and oxygen atoms in total. The van der Waals surface area contributed by atoms with Gasteiger partial charge in [0, 0.05) is 5.56 Å². The molecule has 0 spiro atoms. The number of thioether (sulfide) groups is 1. The van der Waals surface area contributed by atoms with Gasteiger partial charge in [-0.1, -0.05) is 36.4 Å². The van der Waals surface area contributed by atoms with Crippen LogP contribution in [-0.4, -0.2) is 18.2 Å². The van der Waals surface area contributed by atoms with E-state index in [0.29, 0.717) is 27.1 Å². The van der Waals surface area contributed by atoms with Crippen LogP contribution in [0.3, 0.4) is 0 Å². The first-order valence-electron chi connectivity index (χ1n) is 9.90. The van der Waals surface area contributed by atoms with Crippen LogP contribution in [0.5, 0.6) is 11.5 Å². The number of carbonyl (C=O) groups excluding carboxylic acids is 1. The minimum atomic E-state index is -0.463. The Labute approximate surface area is 194 Å². The normalized spacial score (nSPS) is 15.4. The van der Waals surface area contributed by atoms with Crippen LogP contribution in [0.2, 0.25) is 0 Å². The maximum atomic E-state index is 13.8. The second kappa shape index (κ2) is 10.0. The van der Waals surface area contributed by atoms with Crippen molar-refractivity contribution in [2.24, 2.45) is 4.99 Å². The van der Waals surface area contributed by atoms with E-state index in [0.717, 1.165) is 22.9 Å². The highest BCUT2D eigenvalue weighted by atomic mass is 32.2. The first kappa shape index (κ1) is 22.1. The van der Waals surface area contributed by atoms with Crippen LogP contribution < -0.4 is 14.8 Å². The molecule has 0 radical (unpaired) electrons. The molecule has 3 aromatic rings. The molecule has 1 N–H and O–H groups in total. The number of hydrogen-bond acceptors (Lipinski definition) is 6. The maximum absolute atomic E-state index is 13.8. The lowest BCUT2D eigenvalue weighted by atomic mass is 10.1. The van der Waals surface area contributed by atoms with Gasteiger partial charge in [-0.3, -0.25) is 4.79 Å². The Bertz CT molecular complexity index is 1310. The molecular formula is C25H18FN3O3S. The van der Waals surface area contributed by atoms with E-state index in [1.165, 1.54) is 19.2 Å². The van der Waals surface area contributed by atoms with Crippen LogP contribution in [0, 0.1) is 17.1 Å². The lowest BCUT2D eigenvalue weighted by Gasteiger charge is -2.12. The third-order valence-corrected chi connectivity index (χ3v) is 5.64. The number of nitriles is 1. The van der Waals surface area contributed by atoms with E-state index < -0.39 is 5.82 Å². The van der Waals surface area contributed by atoms with Crippen LogP contribution in [0.4, 0.5) is 10.1 Å². The van der Waals surface area contributed by atoms with E-state index in [-0.39, 0.29) is 18.2 Å². The summed E-state index contributed by atoms with van der Waals surface area (Å²) in [4.78, 5) is 16.9. The van der Waals surface area contributed by atoms with Crippen molar-refractivity contribution in [3.8, 4) is 17.6 Å². The van der Waals surface area contributed by atoms with Gasteiger partial charge < -0.3 is 14.8 Å². The van der Waals surface area contributed by atoms with Crippen molar-refractivity contribution in [3.63, 3.8) is 0 Å². The number of amides is 1. The number of rotatable bonds is 6. The average molecular weight is 460 g/mol. The average Bonchev–Trinajstić information content (AvgIpc) is 3.18. The lowest BCUT2D eigenvalue weighted by Crippen LogP contribution is -2.19. The molecule has 8 heteroatoms. The molecule has 0 aromatic heterocycles. The van der Waals surface area contributed by atoms with E-state index >= 15 is 0 Å². The molecule has 0 atom stereocenters. The number of methoxy groups -OCH3 is 1. The van der Waals surface area contributed by atoms with Gasteiger partial charge in [-0.15, -0.1) is 0 Å². The van der Waals surface area contributed by atoms with Crippen molar-refractivity contribution < 1.29 is 18.7 Å². The molecule has 1 aliphatic rings. The Morgan fingerprint density at radius 3 is 2.70 bits per heavy atom. The second-order valence-electron chi connectivity index (χ2n) is 6.90. The highest BCUT2D eigenvalue weighted by Crippen LogP contribution is 2.33. The zero-order valence-corrected chi connectivity index (χ0v) is 18.4. The quantitative estimate of drug-likeness (QED) is 0.514. The molecule has 33 heavy (non-hydrogen) atoms. The number of nitrogens with zero attached hydrogens (tertiary/aromatic N) is 2. The van der Waals surface area contributed by atoms with Gasteiger partial charge >= 0.3 is 0 Å². The molecule has 0 bridgehead atoms. The number of hydrogen-bond donors (Lipinski definition) is 1. The molecule has 1 saturated heterocycles. The monoisotopic (exact) mass is 459 g/mol. The third-order valence-electron chi connectivity index (χ3n) is 4.73. The van der Waals surface area contributed by atoms with Gasteiger partial charge in [0.1, 0.15) is 18.1 Å². The summed E-state index contributed by atoms with van der Waals surface area (Å²) < 4.78 is 25.1. The molecule has 1 heterocycles. The summed E-state index contributed by atoms with van der Waals surface area (Å²) in [5.74, 6) is 0.220. The summed E-state index contributed by atoms with van der Waals surface area (Å²) in [5.41, 5.74) is 2.20. The smallest absolute Gasteiger partial charge is 0.264 e. The van der Waals surface area contributed by atoms with E-state index in [2.05, 4.69) is 16.4 Å². The largest absolute Gasteiger partial charge is 0.493 e. The van der Waals surface area contributed by atoms with Gasteiger partial charge in [0.05, 0.1) is 23.6 Å². The minimum absolute atomic E-state index is 0.155. The summed E-state index contributed by atoms with van der Waals surface area (Å²) in [6.07, 6.45) is 1.70. The van der Waals surface area contributed by atoms with Gasteiger partial charge in [0.25, 0.3) is 5.91 Å². The molecule has 3 aromatic carbocycles. The Balaban J connectivity index is 1.51. The Kier molecular flexibility index (Phi) is 6.72. The van der Waals surface area contributed by atoms with Crippen LogP contribution >= 0.6 is 11.8 Å². The van der Waals surface area contributed by atoms with E-state index in [4.69, 9.17) is 9.47 Å². The zero-order chi connectivity index (χ0) is 23.2. The van der Waals surface area contributed by atoms with Crippen LogP contribution in [0.15, 0.2) is 76.6 Å². The van der Waals surface area contributed by atoms with Gasteiger partial charge in [-0.2, -0.15) is 5.26 Å². The fraction of sp³-hybridized carbons (Fsp3) is 0.0800. The molecule has 1 amide bonds. The Morgan fingerprint density at radius 1 is 1.12 bits per heavy atom. The fourth-order valence-electron chi connectivity index (χ4n) is 3.09. The van der Waals surface area contributed by atoms with E-state index in [1.54, 1.807) is 48.5 Å². The molecule has 1 fully saturated rings. The summed E-state index contributed by atoms with van der Waals surface area (Å²) in [6.45, 7) is 0.217. The van der Waals surface area contributed by atoms with Crippen molar-refractivity contribution in [2.45, 2.75) is 6.61 Å². The van der Waals surface area contributed by atoms with Crippen LogP contribution in [0.1, 0.15) is 16.7 Å². The van der Waals surface area contributed by atoms with Crippen LogP contribution in [-0.2, 0) is 11.4 Å². The standard InChI is InChI=1S/C25H18FN3O3S/c1-31-22-12-16(10-11-21(22)32-15-18-7-3-2-6-17(18)14-27)13-23-24(30)29-25(33-23)28-20-9-5-4-8-19(20)26/h2-13H,15H2,1H3,(H,28,29,30)/b23-13-. The molecule has 164 valence electrons. The summed E-state index contributed by atoms with van der Waals surface area (Å²) >= 11 is 1.13. The number of halogens is 1. The first-order valence-corrected chi connectivity index (χ1v) is 10.7. The van der Waals surface area contributed by atoms with E-state index in [1.807, 2.05) is 12.1 Å². The number of para-hydroxylation sites is 1. The van der Waals surface area contributed by atoms with Crippen molar-refractivity contribution in [2.75, 3.05) is 7.11 Å². The number of amidine groups is 1. The minimum Gasteiger partial charge on any atom is -0.493 e. The highest BCUT2D eigenvalue weighted by Gasteiger charge is 2.24. The Hall–Kier alpha value is -4.09. The van der Waals surface area contributed by atoms with Crippen LogP contribution in [0.25, 0.3) is 6.08 Å². The predicted octanol–water partition coefficient (Wildman–Crippen LogP) is 5.18. The fourth-order valence-corrected chi connectivity index (χ4v) is 3.92. The first-order chi connectivity index (χ1) is 16.1. The predicted molar refractivity (Wildman–Crippen MR) is 126 cm³/mol. The highest BCUT2D eigenvalue weighted by molar-refractivity contribution is 8.18.